The minimum atomic E-state index is -3.58. The first-order valence-corrected chi connectivity index (χ1v) is 8.28. The summed E-state index contributed by atoms with van der Waals surface area (Å²) in [6.45, 7) is 3.68. The molecule has 0 saturated heterocycles. The number of rotatable bonds is 5. The molecule has 0 saturated carbocycles. The summed E-state index contributed by atoms with van der Waals surface area (Å²) >= 11 is 3.28. The Morgan fingerprint density at radius 2 is 1.75 bits per heavy atom. The van der Waals surface area contributed by atoms with Crippen molar-refractivity contribution in [2.45, 2.75) is 11.3 Å². The predicted molar refractivity (Wildman–Crippen MR) is 85.3 cm³/mol. The Hall–Kier alpha value is -1.59. The summed E-state index contributed by atoms with van der Waals surface area (Å²) in [5.74, 6) is 0. The molecule has 3 nitrogen and oxygen atoms in total. The van der Waals surface area contributed by atoms with Gasteiger partial charge in [-0.1, -0.05) is 40.2 Å². The summed E-state index contributed by atoms with van der Waals surface area (Å²) in [5.41, 5.74) is 1.47. The van der Waals surface area contributed by atoms with Gasteiger partial charge in [-0.05, 0) is 42.3 Å². The largest absolute Gasteiger partial charge is 0.279 e. The molecule has 0 unspecified atom stereocenters. The molecule has 2 rings (SSSR count). The third-order valence-corrected chi connectivity index (χ3v) is 4.66. The number of hydrogen-bond donors (Lipinski definition) is 1. The van der Waals surface area contributed by atoms with Crippen LogP contribution in [0.1, 0.15) is 5.56 Å². The van der Waals surface area contributed by atoms with Gasteiger partial charge in [-0.3, -0.25) is 4.72 Å². The summed E-state index contributed by atoms with van der Waals surface area (Å²) in [4.78, 5) is 0.231. The van der Waals surface area contributed by atoms with Crippen LogP contribution in [0.3, 0.4) is 0 Å². The fourth-order valence-electron chi connectivity index (χ4n) is 1.77. The van der Waals surface area contributed by atoms with Crippen molar-refractivity contribution in [1.29, 1.82) is 0 Å². The van der Waals surface area contributed by atoms with Crippen LogP contribution in [0.5, 0.6) is 0 Å². The van der Waals surface area contributed by atoms with Gasteiger partial charge in [0.1, 0.15) is 0 Å². The molecular weight excluding hydrogens is 338 g/mol. The number of benzene rings is 2. The van der Waals surface area contributed by atoms with E-state index in [0.29, 0.717) is 12.1 Å². The molecule has 0 atom stereocenters. The van der Waals surface area contributed by atoms with E-state index >= 15 is 0 Å². The molecule has 0 aromatic heterocycles. The zero-order valence-electron chi connectivity index (χ0n) is 10.7. The minimum absolute atomic E-state index is 0.231. The van der Waals surface area contributed by atoms with Crippen LogP contribution in [0.15, 0.2) is 70.6 Å². The molecule has 0 aliphatic rings. The number of sulfonamides is 1. The molecule has 20 heavy (non-hydrogen) atoms. The molecule has 2 aromatic carbocycles. The SMILES string of the molecule is C=CCc1ccccc1NS(=O)(=O)c1ccc(Br)cc1. The number of allylic oxidation sites excluding steroid dienone is 1. The van der Waals surface area contributed by atoms with E-state index in [-0.39, 0.29) is 4.90 Å². The summed E-state index contributed by atoms with van der Waals surface area (Å²) in [6, 6.07) is 13.8. The number of halogens is 1. The first kappa shape index (κ1) is 14.8. The van der Waals surface area contributed by atoms with E-state index in [0.717, 1.165) is 10.0 Å². The standard InChI is InChI=1S/C15H14BrNO2S/c1-2-5-12-6-3-4-7-15(12)17-20(18,19)14-10-8-13(16)9-11-14/h2-4,6-11,17H,1,5H2. The molecule has 0 heterocycles. The highest BCUT2D eigenvalue weighted by atomic mass is 79.9. The van der Waals surface area contributed by atoms with Crippen molar-refractivity contribution in [1.82, 2.24) is 0 Å². The zero-order chi connectivity index (χ0) is 14.6. The number of hydrogen-bond acceptors (Lipinski definition) is 2. The summed E-state index contributed by atoms with van der Waals surface area (Å²) in [6.07, 6.45) is 2.35. The average molecular weight is 352 g/mol. The predicted octanol–water partition coefficient (Wildman–Crippen LogP) is 3.98. The minimum Gasteiger partial charge on any atom is -0.279 e. The number of anilines is 1. The summed E-state index contributed by atoms with van der Waals surface area (Å²) < 4.78 is 28.1. The zero-order valence-corrected chi connectivity index (χ0v) is 13.1. The van der Waals surface area contributed by atoms with Crippen molar-refractivity contribution in [2.24, 2.45) is 0 Å². The van der Waals surface area contributed by atoms with Gasteiger partial charge in [0, 0.05) is 4.47 Å². The van der Waals surface area contributed by atoms with Crippen LogP contribution in [-0.2, 0) is 16.4 Å². The van der Waals surface area contributed by atoms with Crippen LogP contribution < -0.4 is 4.72 Å². The molecule has 0 radical (unpaired) electrons. The van der Waals surface area contributed by atoms with Gasteiger partial charge < -0.3 is 0 Å². The smallest absolute Gasteiger partial charge is 0.261 e. The van der Waals surface area contributed by atoms with Crippen LogP contribution >= 0.6 is 15.9 Å². The maximum absolute atomic E-state index is 12.3. The normalized spacial score (nSPS) is 11.1. The fourth-order valence-corrected chi connectivity index (χ4v) is 3.14. The van der Waals surface area contributed by atoms with Crippen LogP contribution in [0.4, 0.5) is 5.69 Å². The van der Waals surface area contributed by atoms with Gasteiger partial charge >= 0.3 is 0 Å². The first-order valence-electron chi connectivity index (χ1n) is 6.00. The van der Waals surface area contributed by atoms with E-state index in [2.05, 4.69) is 27.2 Å². The van der Waals surface area contributed by atoms with Crippen LogP contribution in [-0.4, -0.2) is 8.42 Å². The lowest BCUT2D eigenvalue weighted by atomic mass is 10.1. The van der Waals surface area contributed by atoms with Gasteiger partial charge in [0.25, 0.3) is 10.0 Å². The summed E-state index contributed by atoms with van der Waals surface area (Å²) in [5, 5.41) is 0. The molecule has 0 amide bonds. The lowest BCUT2D eigenvalue weighted by Gasteiger charge is -2.11. The molecule has 2 aromatic rings. The van der Waals surface area contributed by atoms with E-state index in [1.54, 1.807) is 42.5 Å². The van der Waals surface area contributed by atoms with Crippen molar-refractivity contribution in [3.63, 3.8) is 0 Å². The highest BCUT2D eigenvalue weighted by Gasteiger charge is 2.15. The van der Waals surface area contributed by atoms with Crippen LogP contribution in [0.2, 0.25) is 0 Å². The molecule has 0 aliphatic carbocycles. The van der Waals surface area contributed by atoms with E-state index in [1.807, 2.05) is 12.1 Å². The third-order valence-electron chi connectivity index (χ3n) is 2.75. The van der Waals surface area contributed by atoms with Crippen molar-refractivity contribution < 1.29 is 8.42 Å². The van der Waals surface area contributed by atoms with Gasteiger partial charge in [0.15, 0.2) is 0 Å². The van der Waals surface area contributed by atoms with Gasteiger partial charge in [-0.15, -0.1) is 6.58 Å². The van der Waals surface area contributed by atoms with E-state index in [4.69, 9.17) is 0 Å². The first-order chi connectivity index (χ1) is 9.53. The van der Waals surface area contributed by atoms with E-state index in [1.165, 1.54) is 0 Å². The lowest BCUT2D eigenvalue weighted by Crippen LogP contribution is -2.14. The lowest BCUT2D eigenvalue weighted by molar-refractivity contribution is 0.601. The molecule has 5 heteroatoms. The van der Waals surface area contributed by atoms with Crippen LogP contribution in [0, 0.1) is 0 Å². The van der Waals surface area contributed by atoms with Gasteiger partial charge in [-0.2, -0.15) is 0 Å². The van der Waals surface area contributed by atoms with E-state index in [9.17, 15) is 8.42 Å². The average Bonchev–Trinajstić information content (AvgIpc) is 2.41. The fraction of sp³-hybridized carbons (Fsp3) is 0.0667. The van der Waals surface area contributed by atoms with Crippen molar-refractivity contribution in [2.75, 3.05) is 4.72 Å². The Bertz CT molecular complexity index is 709. The Kier molecular flexibility index (Phi) is 4.62. The second-order valence-corrected chi connectivity index (χ2v) is 6.81. The van der Waals surface area contributed by atoms with Gasteiger partial charge in [0.2, 0.25) is 0 Å². The molecular formula is C15H14BrNO2S. The maximum atomic E-state index is 12.3. The Balaban J connectivity index is 2.33. The van der Waals surface area contributed by atoms with Crippen molar-refractivity contribution in [3.05, 3.63) is 71.2 Å². The van der Waals surface area contributed by atoms with Crippen LogP contribution in [0.25, 0.3) is 0 Å². The quantitative estimate of drug-likeness (QED) is 0.828. The Labute approximate surface area is 127 Å². The summed E-state index contributed by atoms with van der Waals surface area (Å²) in [7, 11) is -3.58. The van der Waals surface area contributed by atoms with Crippen molar-refractivity contribution >= 4 is 31.6 Å². The molecule has 0 fully saturated rings. The third kappa shape index (κ3) is 3.49. The van der Waals surface area contributed by atoms with Crippen molar-refractivity contribution in [3.8, 4) is 0 Å². The molecule has 1 N–H and O–H groups in total. The van der Waals surface area contributed by atoms with E-state index < -0.39 is 10.0 Å². The van der Waals surface area contributed by atoms with Gasteiger partial charge in [0.05, 0.1) is 10.6 Å². The molecule has 104 valence electrons. The second kappa shape index (κ2) is 6.24. The maximum Gasteiger partial charge on any atom is 0.261 e. The topological polar surface area (TPSA) is 46.2 Å². The highest BCUT2D eigenvalue weighted by molar-refractivity contribution is 9.10. The number of para-hydroxylation sites is 1. The molecule has 0 aliphatic heterocycles. The monoisotopic (exact) mass is 351 g/mol. The molecule has 0 bridgehead atoms. The Morgan fingerprint density at radius 3 is 2.40 bits per heavy atom. The Morgan fingerprint density at radius 1 is 1.10 bits per heavy atom. The second-order valence-electron chi connectivity index (χ2n) is 4.21. The molecule has 0 spiro atoms. The number of nitrogens with one attached hydrogen (secondary N) is 1. The van der Waals surface area contributed by atoms with Gasteiger partial charge in [-0.25, -0.2) is 8.42 Å². The highest BCUT2D eigenvalue weighted by Crippen LogP contribution is 2.21.